The maximum absolute atomic E-state index is 12.9. The summed E-state index contributed by atoms with van der Waals surface area (Å²) >= 11 is 6.08. The van der Waals surface area contributed by atoms with Gasteiger partial charge in [0.2, 0.25) is 5.91 Å². The van der Waals surface area contributed by atoms with E-state index in [-0.39, 0.29) is 40.7 Å². The number of ether oxygens (including phenoxy) is 2. The van der Waals surface area contributed by atoms with Crippen molar-refractivity contribution in [3.05, 3.63) is 59.0 Å². The van der Waals surface area contributed by atoms with Crippen LogP contribution in [0.5, 0.6) is 0 Å². The smallest absolute Gasteiger partial charge is 0.373 e. The quantitative estimate of drug-likeness (QED) is 0.0895. The van der Waals surface area contributed by atoms with Gasteiger partial charge >= 0.3 is 5.97 Å². The van der Waals surface area contributed by atoms with E-state index in [9.17, 15) is 14.4 Å². The maximum Gasteiger partial charge on any atom is 0.373 e. The molecule has 8 nitrogen and oxygen atoms in total. The maximum atomic E-state index is 12.9. The molecule has 1 rings (SSSR count). The summed E-state index contributed by atoms with van der Waals surface area (Å²) in [7, 11) is -0.557. The Labute approximate surface area is 276 Å². The molecule has 4 atom stereocenters. The van der Waals surface area contributed by atoms with Crippen LogP contribution in [-0.4, -0.2) is 51.5 Å². The minimum atomic E-state index is -2.00. The molecule has 0 aromatic heterocycles. The minimum Gasteiger partial charge on any atom is -0.490 e. The third-order valence-corrected chi connectivity index (χ3v) is 12.5. The number of methoxy groups -OCH3 is 1. The fourth-order valence-corrected chi connectivity index (χ4v) is 5.61. The van der Waals surface area contributed by atoms with Crippen LogP contribution >= 0.6 is 11.6 Å². The first-order valence-corrected chi connectivity index (χ1v) is 18.7. The van der Waals surface area contributed by atoms with Crippen LogP contribution in [0, 0.1) is 23.7 Å². The zero-order valence-corrected chi connectivity index (χ0v) is 30.6. The molecule has 0 spiro atoms. The van der Waals surface area contributed by atoms with Gasteiger partial charge < -0.3 is 24.5 Å². The molecule has 0 aliphatic carbocycles. The molecule has 45 heavy (non-hydrogen) atoms. The molecule has 0 aromatic rings. The Bertz CT molecular complexity index is 1240. The highest BCUT2D eigenvalue weighted by Gasteiger charge is 2.38. The molecule has 2 amide bonds. The molecule has 10 heteroatoms. The van der Waals surface area contributed by atoms with E-state index in [1.165, 1.54) is 7.11 Å². The highest BCUT2D eigenvalue weighted by Crippen LogP contribution is 2.38. The number of esters is 1. The summed E-state index contributed by atoms with van der Waals surface area (Å²) < 4.78 is 17.0. The molecule has 2 N–H and O–H groups in total. The van der Waals surface area contributed by atoms with Gasteiger partial charge in [-0.05, 0) is 75.0 Å². The number of amides is 2. The van der Waals surface area contributed by atoms with E-state index in [0.29, 0.717) is 19.3 Å². The summed E-state index contributed by atoms with van der Waals surface area (Å²) in [5, 5.41) is 6.28. The van der Waals surface area contributed by atoms with Crippen LogP contribution in [0.4, 0.5) is 0 Å². The minimum absolute atomic E-state index is 0.0221. The first-order chi connectivity index (χ1) is 20.9. The van der Waals surface area contributed by atoms with Gasteiger partial charge in [0.05, 0.1) is 13.2 Å². The molecular weight excluding hydrogens is 608 g/mol. The zero-order valence-electron chi connectivity index (χ0n) is 28.9. The third-order valence-electron chi connectivity index (χ3n) is 7.85. The van der Waals surface area contributed by atoms with Gasteiger partial charge in [-0.3, -0.25) is 9.59 Å². The molecule has 0 radical (unpaired) electrons. The summed E-state index contributed by atoms with van der Waals surface area (Å²) in [6.45, 7) is 20.4. The highest BCUT2D eigenvalue weighted by atomic mass is 35.5. The van der Waals surface area contributed by atoms with Crippen molar-refractivity contribution in [2.24, 2.45) is 11.8 Å². The van der Waals surface area contributed by atoms with E-state index in [4.69, 9.17) is 25.5 Å². The molecule has 0 saturated heterocycles. The molecule has 0 saturated carbocycles. The van der Waals surface area contributed by atoms with Gasteiger partial charge in [-0.1, -0.05) is 88.9 Å². The number of hydrogen-bond acceptors (Lipinski definition) is 6. The van der Waals surface area contributed by atoms with E-state index >= 15 is 0 Å². The average Bonchev–Trinajstić information content (AvgIpc) is 2.93. The van der Waals surface area contributed by atoms with Crippen LogP contribution in [-0.2, 0) is 28.3 Å². The number of carbonyl (C=O) groups is 3. The van der Waals surface area contributed by atoms with Gasteiger partial charge in [-0.15, -0.1) is 0 Å². The summed E-state index contributed by atoms with van der Waals surface area (Å²) in [6, 6.07) is -0.755. The second-order valence-corrected chi connectivity index (χ2v) is 18.5. The Balaban J connectivity index is 2.74. The number of cyclic esters (lactones) is 1. The van der Waals surface area contributed by atoms with Crippen molar-refractivity contribution in [1.29, 1.82) is 0 Å². The fraction of sp³-hybridized carbons (Fsp3) is 0.571. The summed E-state index contributed by atoms with van der Waals surface area (Å²) in [5.41, 5.74) is 0.909. The lowest BCUT2D eigenvalue weighted by atomic mass is 9.97. The van der Waals surface area contributed by atoms with Crippen LogP contribution in [0.3, 0.4) is 0 Å². The summed E-state index contributed by atoms with van der Waals surface area (Å²) in [4.78, 5) is 37.3. The Kier molecular flexibility index (Phi) is 16.7. The van der Waals surface area contributed by atoms with Crippen LogP contribution in [0.2, 0.25) is 18.1 Å². The number of hydrogen-bond donors (Lipinski definition) is 2. The molecule has 0 fully saturated rings. The Morgan fingerprint density at radius 2 is 1.87 bits per heavy atom. The van der Waals surface area contributed by atoms with Crippen molar-refractivity contribution in [2.75, 3.05) is 7.11 Å². The number of nitrogens with one attached hydrogen (secondary N) is 2. The van der Waals surface area contributed by atoms with E-state index in [1.807, 2.05) is 52.8 Å². The number of rotatable bonds is 14. The standard InChI is InChI=1S/C35H53ClN2O6Si/c1-24(2)32(33(40)37-22-14-16-28(19-18-27(5)36)44-45(10,11)35(6,7)8)38-31(39)17-13-12-15-25(3)23-26(4)29-20-21-30(42-9)34(41)43-29/h12,14-15,18,21-24,26,28-29,32H,16,19-20H2,1-11H3,(H,37,40)(H,38,39)/t26-,28+,29-,32-/m0/s1. The third kappa shape index (κ3) is 14.7. The second-order valence-electron chi connectivity index (χ2n) is 13.2. The summed E-state index contributed by atoms with van der Waals surface area (Å²) in [5.74, 6) is 3.96. The van der Waals surface area contributed by atoms with Crippen molar-refractivity contribution in [3.63, 3.8) is 0 Å². The van der Waals surface area contributed by atoms with Crippen molar-refractivity contribution in [3.8, 4) is 11.8 Å². The molecule has 1 heterocycles. The lowest BCUT2D eigenvalue weighted by Gasteiger charge is -2.39. The van der Waals surface area contributed by atoms with Crippen LogP contribution in [0.1, 0.15) is 74.7 Å². The Morgan fingerprint density at radius 1 is 1.20 bits per heavy atom. The first-order valence-electron chi connectivity index (χ1n) is 15.5. The Hall–Kier alpha value is -3.06. The van der Waals surface area contributed by atoms with Crippen LogP contribution < -0.4 is 10.6 Å². The van der Waals surface area contributed by atoms with Gasteiger partial charge in [-0.2, -0.15) is 0 Å². The second kappa shape index (κ2) is 18.8. The zero-order chi connectivity index (χ0) is 34.4. The number of halogens is 1. The van der Waals surface area contributed by atoms with Crippen molar-refractivity contribution < 1.29 is 28.3 Å². The number of allylic oxidation sites excluding steroid dienone is 4. The van der Waals surface area contributed by atoms with E-state index in [2.05, 4.69) is 56.3 Å². The Morgan fingerprint density at radius 3 is 2.42 bits per heavy atom. The highest BCUT2D eigenvalue weighted by molar-refractivity contribution is 6.74. The molecule has 1 aliphatic rings. The molecule has 250 valence electrons. The van der Waals surface area contributed by atoms with Gasteiger partial charge in [0, 0.05) is 17.4 Å². The molecule has 0 bridgehead atoms. The topological polar surface area (TPSA) is 103 Å². The molecule has 0 aromatic carbocycles. The monoisotopic (exact) mass is 660 g/mol. The first kappa shape index (κ1) is 40.0. The van der Waals surface area contributed by atoms with Gasteiger partial charge in [0.1, 0.15) is 12.1 Å². The largest absolute Gasteiger partial charge is 0.490 e. The number of carbonyl (C=O) groups excluding carboxylic acids is 3. The normalized spacial score (nSPS) is 18.6. The fourth-order valence-electron chi connectivity index (χ4n) is 4.14. The predicted molar refractivity (Wildman–Crippen MR) is 184 cm³/mol. The van der Waals surface area contributed by atoms with Crippen molar-refractivity contribution >= 4 is 37.7 Å². The van der Waals surface area contributed by atoms with Gasteiger partial charge in [0.25, 0.3) is 5.91 Å². The lowest BCUT2D eigenvalue weighted by molar-refractivity contribution is -0.151. The van der Waals surface area contributed by atoms with E-state index in [1.54, 1.807) is 24.4 Å². The SMILES string of the molecule is COC1=CC[C@@H]([C@@H](C)C=C(C)C=CC#CC(=O)N[C@H](C(=O)NC=CC[C@H](CC=C(C)Cl)O[Si](C)(C)C(C)(C)C)C(C)C)OC1=O. The summed E-state index contributed by atoms with van der Waals surface area (Å²) in [6.07, 6.45) is 14.0. The van der Waals surface area contributed by atoms with Crippen LogP contribution in [0.25, 0.3) is 0 Å². The van der Waals surface area contributed by atoms with E-state index in [0.717, 1.165) is 10.6 Å². The predicted octanol–water partition coefficient (Wildman–Crippen LogP) is 7.06. The van der Waals surface area contributed by atoms with E-state index < -0.39 is 26.2 Å². The average molecular weight is 661 g/mol. The lowest BCUT2D eigenvalue weighted by Crippen LogP contribution is -2.48. The van der Waals surface area contributed by atoms with Crippen molar-refractivity contribution in [1.82, 2.24) is 10.6 Å². The molecule has 0 unspecified atom stereocenters. The van der Waals surface area contributed by atoms with Crippen LogP contribution in [0.15, 0.2) is 59.0 Å². The van der Waals surface area contributed by atoms with Crippen molar-refractivity contribution in [2.45, 2.75) is 111 Å². The molecule has 1 aliphatic heterocycles. The van der Waals surface area contributed by atoms with Gasteiger partial charge in [-0.25, -0.2) is 4.79 Å². The van der Waals surface area contributed by atoms with Gasteiger partial charge in [0.15, 0.2) is 14.1 Å². The molecular formula is C35H53ClN2O6Si.